The monoisotopic (exact) mass is 340 g/mol. The quantitative estimate of drug-likeness (QED) is 0.541. The van der Waals surface area contributed by atoms with Gasteiger partial charge in [-0.15, -0.1) is 0 Å². The van der Waals surface area contributed by atoms with Crippen LogP contribution in [0.5, 0.6) is 0 Å². The van der Waals surface area contributed by atoms with E-state index in [1.807, 2.05) is 0 Å². The largest absolute Gasteiger partial charge is 0.397 e. The third-order valence-electron chi connectivity index (χ3n) is 2.25. The Morgan fingerprint density at radius 2 is 1.28 bits per heavy atom. The average molecular weight is 342 g/mol. The summed E-state index contributed by atoms with van der Waals surface area (Å²) in [6.07, 6.45) is 1.48. The van der Waals surface area contributed by atoms with Crippen molar-refractivity contribution in [2.75, 3.05) is 5.73 Å². The topological polar surface area (TPSA) is 38.9 Å². The van der Waals surface area contributed by atoms with Crippen LogP contribution in [0.15, 0.2) is 18.3 Å². The first kappa shape index (κ1) is 14.0. The van der Waals surface area contributed by atoms with Crippen molar-refractivity contribution >= 4 is 63.7 Å². The number of halogens is 5. The van der Waals surface area contributed by atoms with Crippen molar-refractivity contribution in [2.45, 2.75) is 0 Å². The first-order valence-corrected chi connectivity index (χ1v) is 6.55. The molecule has 0 unspecified atom stereocenters. The molecule has 2 aromatic rings. The number of aromatic nitrogens is 1. The molecule has 18 heavy (non-hydrogen) atoms. The molecule has 0 aliphatic heterocycles. The van der Waals surface area contributed by atoms with Gasteiger partial charge in [0.25, 0.3) is 0 Å². The minimum Gasteiger partial charge on any atom is -0.397 e. The molecule has 0 saturated heterocycles. The van der Waals surface area contributed by atoms with Gasteiger partial charge in [-0.05, 0) is 12.1 Å². The van der Waals surface area contributed by atoms with Gasteiger partial charge in [0.15, 0.2) is 0 Å². The molecule has 2 rings (SSSR count). The van der Waals surface area contributed by atoms with E-state index in [9.17, 15) is 0 Å². The van der Waals surface area contributed by atoms with Crippen molar-refractivity contribution in [3.05, 3.63) is 43.4 Å². The number of hydrogen-bond donors (Lipinski definition) is 1. The van der Waals surface area contributed by atoms with E-state index < -0.39 is 0 Å². The summed E-state index contributed by atoms with van der Waals surface area (Å²) < 4.78 is 0. The Morgan fingerprint density at radius 3 is 1.72 bits per heavy atom. The van der Waals surface area contributed by atoms with Crippen molar-refractivity contribution in [3.63, 3.8) is 0 Å². The number of rotatable bonds is 1. The van der Waals surface area contributed by atoms with Gasteiger partial charge in [0.05, 0.1) is 42.7 Å². The molecule has 2 N–H and O–H groups in total. The standard InChI is InChI=1S/C11H5Cl5N2/c12-7-6(5-2-1-4(17)3-18-5)8(13)10(15)11(16)9(7)14/h1-3H,17H2. The van der Waals surface area contributed by atoms with Gasteiger partial charge in [0.1, 0.15) is 0 Å². The third-order valence-corrected chi connectivity index (χ3v) is 4.53. The fourth-order valence-electron chi connectivity index (χ4n) is 1.38. The fraction of sp³-hybridized carbons (Fsp3) is 0. The van der Waals surface area contributed by atoms with Crippen LogP contribution < -0.4 is 5.73 Å². The zero-order valence-corrected chi connectivity index (χ0v) is 12.4. The summed E-state index contributed by atoms with van der Waals surface area (Å²) in [6.45, 7) is 0. The highest BCUT2D eigenvalue weighted by molar-refractivity contribution is 6.56. The fourth-order valence-corrected chi connectivity index (χ4v) is 2.71. The van der Waals surface area contributed by atoms with Crippen LogP contribution in [0.2, 0.25) is 25.1 Å². The summed E-state index contributed by atoms with van der Waals surface area (Å²) in [4.78, 5) is 4.13. The van der Waals surface area contributed by atoms with Gasteiger partial charge in [-0.1, -0.05) is 58.0 Å². The number of anilines is 1. The highest BCUT2D eigenvalue weighted by Gasteiger charge is 2.20. The normalized spacial score (nSPS) is 10.7. The number of nitrogens with two attached hydrogens (primary N) is 1. The lowest BCUT2D eigenvalue weighted by atomic mass is 10.1. The summed E-state index contributed by atoms with van der Waals surface area (Å²) in [5, 5.41) is 0.803. The smallest absolute Gasteiger partial charge is 0.0809 e. The molecular formula is C11H5Cl5N2. The lowest BCUT2D eigenvalue weighted by Gasteiger charge is -2.11. The Balaban J connectivity index is 2.75. The minimum absolute atomic E-state index is 0.118. The van der Waals surface area contributed by atoms with Crippen LogP contribution in [0.4, 0.5) is 5.69 Å². The molecular weight excluding hydrogens is 337 g/mol. The molecule has 0 aliphatic carbocycles. The van der Waals surface area contributed by atoms with E-state index in [2.05, 4.69) is 4.98 Å². The minimum atomic E-state index is 0.118. The van der Waals surface area contributed by atoms with Crippen LogP contribution in [0.3, 0.4) is 0 Å². The maximum atomic E-state index is 6.12. The van der Waals surface area contributed by atoms with E-state index in [-0.39, 0.29) is 25.1 Å². The number of nitrogen functional groups attached to an aromatic ring is 1. The highest BCUT2D eigenvalue weighted by Crippen LogP contribution is 2.47. The molecule has 1 aromatic carbocycles. The van der Waals surface area contributed by atoms with Gasteiger partial charge in [0, 0.05) is 5.56 Å². The van der Waals surface area contributed by atoms with E-state index >= 15 is 0 Å². The van der Waals surface area contributed by atoms with Crippen molar-refractivity contribution in [2.24, 2.45) is 0 Å². The number of nitrogens with zero attached hydrogens (tertiary/aromatic N) is 1. The average Bonchev–Trinajstić information content (AvgIpc) is 2.36. The van der Waals surface area contributed by atoms with Crippen LogP contribution in [0.25, 0.3) is 11.3 Å². The molecule has 94 valence electrons. The highest BCUT2D eigenvalue weighted by atomic mass is 35.5. The zero-order valence-electron chi connectivity index (χ0n) is 8.65. The van der Waals surface area contributed by atoms with Crippen LogP contribution >= 0.6 is 58.0 Å². The molecule has 1 aromatic heterocycles. The maximum Gasteiger partial charge on any atom is 0.0809 e. The van der Waals surface area contributed by atoms with Gasteiger partial charge >= 0.3 is 0 Å². The molecule has 0 aliphatic rings. The number of benzene rings is 1. The Kier molecular flexibility index (Phi) is 4.15. The number of hydrogen-bond acceptors (Lipinski definition) is 2. The van der Waals surface area contributed by atoms with Crippen molar-refractivity contribution in [1.29, 1.82) is 0 Å². The lowest BCUT2D eigenvalue weighted by Crippen LogP contribution is -1.91. The second kappa shape index (κ2) is 5.32. The van der Waals surface area contributed by atoms with Crippen LogP contribution in [0.1, 0.15) is 0 Å². The lowest BCUT2D eigenvalue weighted by molar-refractivity contribution is 1.33. The third kappa shape index (κ3) is 2.36. The SMILES string of the molecule is Nc1ccc(-c2c(Cl)c(Cl)c(Cl)c(Cl)c2Cl)nc1. The van der Waals surface area contributed by atoms with E-state index in [0.29, 0.717) is 16.9 Å². The molecule has 7 heteroatoms. The predicted molar refractivity (Wildman–Crippen MR) is 79.1 cm³/mol. The van der Waals surface area contributed by atoms with Crippen molar-refractivity contribution < 1.29 is 0 Å². The number of pyridine rings is 1. The van der Waals surface area contributed by atoms with Crippen LogP contribution in [-0.4, -0.2) is 4.98 Å². The summed E-state index contributed by atoms with van der Waals surface area (Å²) in [7, 11) is 0. The Bertz CT molecular complexity index is 581. The maximum absolute atomic E-state index is 6.12. The molecule has 0 fully saturated rings. The second-order valence-corrected chi connectivity index (χ2v) is 5.31. The molecule has 0 saturated carbocycles. The van der Waals surface area contributed by atoms with Gasteiger partial charge in [0.2, 0.25) is 0 Å². The van der Waals surface area contributed by atoms with E-state index in [4.69, 9.17) is 63.7 Å². The van der Waals surface area contributed by atoms with Gasteiger partial charge < -0.3 is 5.73 Å². The first-order valence-electron chi connectivity index (χ1n) is 4.66. The molecule has 1 heterocycles. The molecule has 2 nitrogen and oxygen atoms in total. The van der Waals surface area contributed by atoms with Crippen molar-refractivity contribution in [1.82, 2.24) is 4.98 Å². The summed E-state index contributed by atoms with van der Waals surface area (Å²) in [5.41, 5.74) is 7.03. The summed E-state index contributed by atoms with van der Waals surface area (Å²) in [6, 6.07) is 3.34. The zero-order chi connectivity index (χ0) is 13.4. The summed E-state index contributed by atoms with van der Waals surface area (Å²) >= 11 is 30.1. The molecule has 0 atom stereocenters. The molecule has 0 spiro atoms. The van der Waals surface area contributed by atoms with Gasteiger partial charge in [-0.3, -0.25) is 4.98 Å². The van der Waals surface area contributed by atoms with Crippen molar-refractivity contribution in [3.8, 4) is 11.3 Å². The van der Waals surface area contributed by atoms with E-state index in [1.165, 1.54) is 6.20 Å². The van der Waals surface area contributed by atoms with Crippen LogP contribution in [-0.2, 0) is 0 Å². The van der Waals surface area contributed by atoms with Crippen LogP contribution in [0, 0.1) is 0 Å². The second-order valence-electron chi connectivity index (χ2n) is 3.42. The predicted octanol–water partition coefficient (Wildman–Crippen LogP) is 5.60. The van der Waals surface area contributed by atoms with Gasteiger partial charge in [-0.2, -0.15) is 0 Å². The van der Waals surface area contributed by atoms with E-state index in [1.54, 1.807) is 12.1 Å². The van der Waals surface area contributed by atoms with Gasteiger partial charge in [-0.25, -0.2) is 0 Å². The van der Waals surface area contributed by atoms with E-state index in [0.717, 1.165) is 0 Å². The Morgan fingerprint density at radius 1 is 0.778 bits per heavy atom. The summed E-state index contributed by atoms with van der Waals surface area (Å²) in [5.74, 6) is 0. The molecule has 0 amide bonds. The first-order chi connectivity index (χ1) is 8.43. The Labute approximate surface area is 129 Å². The molecule has 0 bridgehead atoms. The Hall–Kier alpha value is -0.380. The molecule has 0 radical (unpaired) electrons.